The number of fused-ring (bicyclic) bond motifs is 5. The molecule has 4 heterocycles. The Balaban J connectivity index is 1.49. The Labute approximate surface area is 143 Å². The van der Waals surface area contributed by atoms with E-state index in [9.17, 15) is 14.4 Å². The molecule has 4 aliphatic heterocycles. The summed E-state index contributed by atoms with van der Waals surface area (Å²) in [6.07, 6.45) is 3.00. The van der Waals surface area contributed by atoms with Gasteiger partial charge >= 0.3 is 5.97 Å². The average Bonchev–Trinajstić information content (AvgIpc) is 2.93. The molecule has 2 bridgehead atoms. The van der Waals surface area contributed by atoms with Gasteiger partial charge in [0.15, 0.2) is 0 Å². The number of carbonyl (C=O) groups excluding carboxylic acids is 3. The van der Waals surface area contributed by atoms with Crippen molar-refractivity contribution in [3.63, 3.8) is 0 Å². The van der Waals surface area contributed by atoms with Gasteiger partial charge in [-0.3, -0.25) is 14.4 Å². The Bertz CT molecular complexity index is 777. The summed E-state index contributed by atoms with van der Waals surface area (Å²) < 4.78 is 10.5. The maximum Gasteiger partial charge on any atom is 0.327 e. The smallest absolute Gasteiger partial charge is 0.327 e. The number of esters is 1. The Morgan fingerprint density at radius 2 is 1.64 bits per heavy atom. The van der Waals surface area contributed by atoms with E-state index < -0.39 is 23.8 Å². The zero-order valence-corrected chi connectivity index (χ0v) is 13.4. The number of hydrazine groups is 1. The molecule has 1 aromatic carbocycles. The van der Waals surface area contributed by atoms with Crippen molar-refractivity contribution < 1.29 is 23.9 Å². The first-order chi connectivity index (χ1) is 12.1. The summed E-state index contributed by atoms with van der Waals surface area (Å²) >= 11 is 0. The van der Waals surface area contributed by atoms with Gasteiger partial charge in [-0.2, -0.15) is 5.01 Å². The van der Waals surface area contributed by atoms with Gasteiger partial charge < -0.3 is 9.47 Å². The fraction of sp³-hybridized carbons (Fsp3) is 0.389. The molecular formula is C18H16N2O5. The molecule has 0 radical (unpaired) electrons. The fourth-order valence-corrected chi connectivity index (χ4v) is 4.33. The molecular weight excluding hydrogens is 324 g/mol. The first-order valence-electron chi connectivity index (χ1n) is 8.26. The molecule has 7 atom stereocenters. The van der Waals surface area contributed by atoms with E-state index in [0.29, 0.717) is 0 Å². The lowest BCUT2D eigenvalue weighted by Gasteiger charge is -2.19. The number of benzene rings is 1. The summed E-state index contributed by atoms with van der Waals surface area (Å²) in [7, 11) is 1.31. The molecule has 7 heteroatoms. The Kier molecular flexibility index (Phi) is 2.96. The fourth-order valence-electron chi connectivity index (χ4n) is 4.33. The molecule has 0 saturated carbocycles. The van der Waals surface area contributed by atoms with Crippen molar-refractivity contribution in [1.82, 2.24) is 10.0 Å². The number of imide groups is 1. The monoisotopic (exact) mass is 340 g/mol. The first kappa shape index (κ1) is 14.8. The minimum absolute atomic E-state index is 0.292. The predicted octanol–water partition coefficient (Wildman–Crippen LogP) is 0.438. The summed E-state index contributed by atoms with van der Waals surface area (Å²) in [5.74, 6) is -2.02. The Morgan fingerprint density at radius 1 is 1.04 bits per heavy atom. The van der Waals surface area contributed by atoms with E-state index in [0.717, 1.165) is 10.6 Å². The summed E-state index contributed by atoms with van der Waals surface area (Å²) in [5.41, 5.74) is 0.868. The van der Waals surface area contributed by atoms with Crippen LogP contribution in [-0.2, 0) is 23.9 Å². The topological polar surface area (TPSA) is 75.9 Å². The minimum Gasteiger partial charge on any atom is -0.468 e. The van der Waals surface area contributed by atoms with E-state index in [1.807, 2.05) is 42.5 Å². The van der Waals surface area contributed by atoms with Crippen molar-refractivity contribution in [1.29, 1.82) is 0 Å². The molecule has 3 saturated heterocycles. The van der Waals surface area contributed by atoms with Crippen molar-refractivity contribution in [2.75, 3.05) is 7.11 Å². The van der Waals surface area contributed by atoms with Crippen LogP contribution < -0.4 is 0 Å². The molecule has 2 amide bonds. The number of carbonyl (C=O) groups is 3. The molecule has 0 aliphatic carbocycles. The molecule has 128 valence electrons. The second-order valence-corrected chi connectivity index (χ2v) is 6.69. The van der Waals surface area contributed by atoms with Gasteiger partial charge in [-0.1, -0.05) is 42.5 Å². The standard InChI is InChI=1S/C18H16N2O5/c1-24-18(23)15-14(9-5-3-2-4-6-9)19(15)20-16(21)12-10-7-8-11(25-10)13(12)17(20)22/h2-8,10-15H,1H3/t10-,11+,12-,13+,14-,15+,19?/m1/s1. The lowest BCUT2D eigenvalue weighted by Crippen LogP contribution is -2.40. The van der Waals surface area contributed by atoms with Gasteiger partial charge in [-0.15, -0.1) is 0 Å². The molecule has 1 unspecified atom stereocenters. The van der Waals surface area contributed by atoms with E-state index in [1.54, 1.807) is 5.01 Å². The highest BCUT2D eigenvalue weighted by atomic mass is 16.5. The predicted molar refractivity (Wildman–Crippen MR) is 83.5 cm³/mol. The van der Waals surface area contributed by atoms with E-state index in [-0.39, 0.29) is 30.1 Å². The Morgan fingerprint density at radius 3 is 2.20 bits per heavy atom. The van der Waals surface area contributed by atoms with Crippen LogP contribution in [0.1, 0.15) is 11.6 Å². The zero-order chi connectivity index (χ0) is 17.3. The van der Waals surface area contributed by atoms with Crippen LogP contribution in [-0.4, -0.2) is 53.2 Å². The summed E-state index contributed by atoms with van der Waals surface area (Å²) in [4.78, 5) is 38.0. The Hall–Kier alpha value is -2.51. The van der Waals surface area contributed by atoms with Gasteiger partial charge in [0.25, 0.3) is 11.8 Å². The largest absolute Gasteiger partial charge is 0.468 e. The van der Waals surface area contributed by atoms with Crippen LogP contribution in [0.25, 0.3) is 0 Å². The van der Waals surface area contributed by atoms with Crippen molar-refractivity contribution in [2.45, 2.75) is 24.3 Å². The van der Waals surface area contributed by atoms with E-state index in [1.165, 1.54) is 7.11 Å². The second kappa shape index (κ2) is 5.00. The highest BCUT2D eigenvalue weighted by Crippen LogP contribution is 2.52. The number of amides is 2. The third-order valence-corrected chi connectivity index (χ3v) is 5.48. The maximum atomic E-state index is 12.9. The van der Waals surface area contributed by atoms with Crippen LogP contribution in [0, 0.1) is 11.8 Å². The lowest BCUT2D eigenvalue weighted by molar-refractivity contribution is -0.155. The zero-order valence-electron chi connectivity index (χ0n) is 13.4. The number of ether oxygens (including phenoxy) is 2. The van der Waals surface area contributed by atoms with Crippen LogP contribution in [0.4, 0.5) is 0 Å². The van der Waals surface area contributed by atoms with Crippen molar-refractivity contribution in [3.8, 4) is 0 Å². The molecule has 5 rings (SSSR count). The maximum absolute atomic E-state index is 12.9. The van der Waals surface area contributed by atoms with Crippen molar-refractivity contribution in [2.24, 2.45) is 11.8 Å². The molecule has 1 aromatic rings. The molecule has 0 aromatic heterocycles. The summed E-state index contributed by atoms with van der Waals surface area (Å²) in [5, 5.41) is 2.70. The summed E-state index contributed by atoms with van der Waals surface area (Å²) in [6.45, 7) is 0. The average molecular weight is 340 g/mol. The highest BCUT2D eigenvalue weighted by molar-refractivity contribution is 6.07. The van der Waals surface area contributed by atoms with Crippen molar-refractivity contribution >= 4 is 17.8 Å². The molecule has 3 fully saturated rings. The molecule has 0 spiro atoms. The second-order valence-electron chi connectivity index (χ2n) is 6.69. The SMILES string of the molecule is COC(=O)[C@@H]1[C@@H](c2ccccc2)N1N1C(=O)[C@@H]2[C@H](C1=O)[C@H]1C=C[C@@H]2O1. The normalized spacial score (nSPS) is 40.5. The first-order valence-corrected chi connectivity index (χ1v) is 8.26. The third-order valence-electron chi connectivity index (χ3n) is 5.48. The van der Waals surface area contributed by atoms with Crippen LogP contribution in [0.3, 0.4) is 0 Å². The van der Waals surface area contributed by atoms with Crippen molar-refractivity contribution in [3.05, 3.63) is 48.0 Å². The molecule has 4 aliphatic rings. The van der Waals surface area contributed by atoms with Gasteiger partial charge in [-0.05, 0) is 5.56 Å². The molecule has 7 nitrogen and oxygen atoms in total. The van der Waals surface area contributed by atoms with Gasteiger partial charge in [0.2, 0.25) is 0 Å². The van der Waals surface area contributed by atoms with Gasteiger partial charge in [0, 0.05) is 0 Å². The molecule has 25 heavy (non-hydrogen) atoms. The van der Waals surface area contributed by atoms with E-state index >= 15 is 0 Å². The number of hydrogen-bond acceptors (Lipinski definition) is 6. The highest BCUT2D eigenvalue weighted by Gasteiger charge is 2.68. The number of hydrogen-bond donors (Lipinski definition) is 0. The van der Waals surface area contributed by atoms with Crippen LogP contribution >= 0.6 is 0 Å². The molecule has 0 N–H and O–H groups in total. The van der Waals surface area contributed by atoms with Crippen LogP contribution in [0.15, 0.2) is 42.5 Å². The van der Waals surface area contributed by atoms with E-state index in [4.69, 9.17) is 9.47 Å². The number of methoxy groups -OCH3 is 1. The van der Waals surface area contributed by atoms with Gasteiger partial charge in [0.1, 0.15) is 6.04 Å². The van der Waals surface area contributed by atoms with Crippen LogP contribution in [0.2, 0.25) is 0 Å². The number of nitrogens with zero attached hydrogens (tertiary/aromatic N) is 2. The third kappa shape index (κ3) is 1.85. The summed E-state index contributed by atoms with van der Waals surface area (Å²) in [6, 6.07) is 8.32. The lowest BCUT2D eigenvalue weighted by atomic mass is 9.85. The van der Waals surface area contributed by atoms with Crippen LogP contribution in [0.5, 0.6) is 0 Å². The van der Waals surface area contributed by atoms with Gasteiger partial charge in [-0.25, -0.2) is 5.01 Å². The van der Waals surface area contributed by atoms with Gasteiger partial charge in [0.05, 0.1) is 37.2 Å². The number of rotatable bonds is 3. The quantitative estimate of drug-likeness (QED) is 0.344. The van der Waals surface area contributed by atoms with E-state index in [2.05, 4.69) is 0 Å². The minimum atomic E-state index is -0.661.